The first-order valence-electron chi connectivity index (χ1n) is 13.5. The van der Waals surface area contributed by atoms with Gasteiger partial charge in [-0.05, 0) is 123 Å². The van der Waals surface area contributed by atoms with Gasteiger partial charge in [0.1, 0.15) is 5.78 Å². The van der Waals surface area contributed by atoms with Gasteiger partial charge in [-0.15, -0.1) is 0 Å². The van der Waals surface area contributed by atoms with Crippen molar-refractivity contribution in [1.82, 2.24) is 0 Å². The number of hydrogen-bond donors (Lipinski definition) is 0. The molecule has 0 N–H and O–H groups in total. The molecule has 3 fully saturated rings. The number of ketones is 2. The van der Waals surface area contributed by atoms with Crippen LogP contribution in [0.5, 0.6) is 11.5 Å². The van der Waals surface area contributed by atoms with Crippen LogP contribution in [0.1, 0.15) is 83.6 Å². The van der Waals surface area contributed by atoms with Gasteiger partial charge < -0.3 is 9.47 Å². The van der Waals surface area contributed by atoms with Crippen molar-refractivity contribution in [3.05, 3.63) is 35.4 Å². The molecule has 0 saturated heterocycles. The summed E-state index contributed by atoms with van der Waals surface area (Å²) in [5.74, 6) is 4.73. The molecule has 0 spiro atoms. The van der Waals surface area contributed by atoms with Gasteiger partial charge in [0.05, 0.1) is 0 Å². The lowest BCUT2D eigenvalue weighted by Crippen LogP contribution is -2.52. The first kappa shape index (κ1) is 22.4. The van der Waals surface area contributed by atoms with E-state index in [2.05, 4.69) is 19.1 Å². The Morgan fingerprint density at radius 3 is 2.74 bits per heavy atom. The number of carbonyl (C=O) groups excluding carboxylic acids is 2. The summed E-state index contributed by atoms with van der Waals surface area (Å²) < 4.78 is 11.0. The number of carbonyl (C=O) groups is 2. The molecule has 0 amide bonds. The molecule has 1 heterocycles. The maximum absolute atomic E-state index is 12.9. The summed E-state index contributed by atoms with van der Waals surface area (Å²) >= 11 is 0. The zero-order chi connectivity index (χ0) is 23.5. The molecule has 4 heteroatoms. The van der Waals surface area contributed by atoms with Crippen LogP contribution in [0.25, 0.3) is 0 Å². The van der Waals surface area contributed by atoms with Gasteiger partial charge in [-0.1, -0.05) is 18.6 Å². The van der Waals surface area contributed by atoms with E-state index in [4.69, 9.17) is 9.47 Å². The van der Waals surface area contributed by atoms with Crippen LogP contribution in [-0.2, 0) is 16.0 Å². The van der Waals surface area contributed by atoms with E-state index in [0.717, 1.165) is 50.0 Å². The van der Waals surface area contributed by atoms with Crippen LogP contribution in [0.2, 0.25) is 0 Å². The number of benzene rings is 1. The molecule has 5 aliphatic rings. The number of ether oxygens (including phenoxy) is 2. The lowest BCUT2D eigenvalue weighted by Gasteiger charge is -2.59. The number of fused-ring (bicyclic) bond motifs is 6. The highest BCUT2D eigenvalue weighted by atomic mass is 16.7. The van der Waals surface area contributed by atoms with Crippen LogP contribution in [0, 0.1) is 34.5 Å². The molecule has 0 aromatic heterocycles. The van der Waals surface area contributed by atoms with Gasteiger partial charge in [-0.25, -0.2) is 0 Å². The standard InChI is InChI=1S/C30H38O4/c1-19(31)24-8-9-26-23-7-6-21-17-22(32)11-14-29(21,2)25(23)12-15-30(24,26)13-3-4-20-5-10-27-28(16-20)34-18-33-27/h5,10,16-17,23-26H,3-4,6-9,11-15,18H2,1-2H3/t23-,24-,25-,26+,29-,30-/m1/s1. The fraction of sp³-hybridized carbons (Fsp3) is 0.667. The lowest BCUT2D eigenvalue weighted by atomic mass is 9.45. The molecule has 1 aliphatic heterocycles. The Balaban J connectivity index is 1.23. The topological polar surface area (TPSA) is 52.6 Å². The molecule has 6 atom stereocenters. The Kier molecular flexibility index (Phi) is 5.42. The van der Waals surface area contributed by atoms with Crippen LogP contribution in [0.3, 0.4) is 0 Å². The molecule has 0 radical (unpaired) electrons. The molecule has 34 heavy (non-hydrogen) atoms. The number of rotatable bonds is 5. The Hall–Kier alpha value is -2.10. The molecule has 1 aromatic carbocycles. The third-order valence-corrected chi connectivity index (χ3v) is 10.7. The van der Waals surface area contributed by atoms with Crippen molar-refractivity contribution in [2.75, 3.05) is 6.79 Å². The summed E-state index contributed by atoms with van der Waals surface area (Å²) in [4.78, 5) is 25.0. The number of allylic oxidation sites excluding steroid dienone is 1. The van der Waals surface area contributed by atoms with Gasteiger partial charge in [-0.2, -0.15) is 0 Å². The van der Waals surface area contributed by atoms with E-state index in [0.29, 0.717) is 42.5 Å². The summed E-state index contributed by atoms with van der Waals surface area (Å²) in [5.41, 5.74) is 3.10. The van der Waals surface area contributed by atoms with Gasteiger partial charge in [0, 0.05) is 12.3 Å². The van der Waals surface area contributed by atoms with Crippen molar-refractivity contribution >= 4 is 11.6 Å². The van der Waals surface area contributed by atoms with E-state index >= 15 is 0 Å². The van der Waals surface area contributed by atoms with E-state index in [1.807, 2.05) is 19.1 Å². The summed E-state index contributed by atoms with van der Waals surface area (Å²) in [6, 6.07) is 6.32. The van der Waals surface area contributed by atoms with E-state index in [-0.39, 0.29) is 16.7 Å². The second-order valence-electron chi connectivity index (χ2n) is 12.0. The van der Waals surface area contributed by atoms with Gasteiger partial charge in [0.15, 0.2) is 17.3 Å². The Bertz CT molecular complexity index is 1040. The van der Waals surface area contributed by atoms with Gasteiger partial charge in [0.2, 0.25) is 6.79 Å². The minimum Gasteiger partial charge on any atom is -0.454 e. The summed E-state index contributed by atoms with van der Waals surface area (Å²) in [7, 11) is 0. The SMILES string of the molecule is CC(=O)[C@H]1CC[C@H]2[C@@H]3CCC4=CC(=O)CC[C@@]4(C)[C@@H]3CC[C@]12CCCc1ccc2c(c1)OCO2. The smallest absolute Gasteiger partial charge is 0.231 e. The second kappa shape index (κ2) is 8.24. The van der Waals surface area contributed by atoms with E-state index in [9.17, 15) is 9.59 Å². The summed E-state index contributed by atoms with van der Waals surface area (Å²) in [6.07, 6.45) is 14.0. The minimum atomic E-state index is 0.172. The van der Waals surface area contributed by atoms with Crippen LogP contribution in [0.4, 0.5) is 0 Å². The zero-order valence-electron chi connectivity index (χ0n) is 20.7. The molecule has 1 aromatic rings. The molecule has 182 valence electrons. The predicted molar refractivity (Wildman–Crippen MR) is 131 cm³/mol. The monoisotopic (exact) mass is 462 g/mol. The first-order chi connectivity index (χ1) is 16.4. The van der Waals surface area contributed by atoms with Crippen molar-refractivity contribution < 1.29 is 19.1 Å². The summed E-state index contributed by atoms with van der Waals surface area (Å²) in [6.45, 7) is 4.61. The third-order valence-electron chi connectivity index (χ3n) is 10.7. The van der Waals surface area contributed by atoms with Gasteiger partial charge >= 0.3 is 0 Å². The molecule has 6 rings (SSSR count). The van der Waals surface area contributed by atoms with Crippen molar-refractivity contribution in [2.45, 2.75) is 84.5 Å². The fourth-order valence-electron chi connectivity index (χ4n) is 9.18. The second-order valence-corrected chi connectivity index (χ2v) is 12.0. The highest BCUT2D eigenvalue weighted by Crippen LogP contribution is 2.68. The molecule has 3 saturated carbocycles. The zero-order valence-corrected chi connectivity index (χ0v) is 20.7. The molecule has 0 unspecified atom stereocenters. The van der Waals surface area contributed by atoms with Crippen molar-refractivity contribution in [2.24, 2.45) is 34.5 Å². The minimum absolute atomic E-state index is 0.172. The number of Topliss-reactive ketones (excluding diaryl/α,β-unsaturated/α-hetero) is 1. The Labute approximate surface area is 203 Å². The Morgan fingerprint density at radius 1 is 1.03 bits per heavy atom. The largest absolute Gasteiger partial charge is 0.454 e. The van der Waals surface area contributed by atoms with E-state index < -0.39 is 0 Å². The molecule has 4 aliphatic carbocycles. The van der Waals surface area contributed by atoms with Crippen molar-refractivity contribution in [1.29, 1.82) is 0 Å². The molecular weight excluding hydrogens is 424 g/mol. The lowest BCUT2D eigenvalue weighted by molar-refractivity contribution is -0.130. The highest BCUT2D eigenvalue weighted by Gasteiger charge is 2.61. The Morgan fingerprint density at radius 2 is 1.88 bits per heavy atom. The quantitative estimate of drug-likeness (QED) is 0.504. The van der Waals surface area contributed by atoms with Crippen LogP contribution < -0.4 is 9.47 Å². The van der Waals surface area contributed by atoms with Crippen molar-refractivity contribution in [3.63, 3.8) is 0 Å². The maximum Gasteiger partial charge on any atom is 0.231 e. The van der Waals surface area contributed by atoms with Crippen molar-refractivity contribution in [3.8, 4) is 11.5 Å². The normalized spacial score (nSPS) is 38.1. The molecule has 0 bridgehead atoms. The van der Waals surface area contributed by atoms with E-state index in [1.165, 1.54) is 36.8 Å². The average molecular weight is 463 g/mol. The molecule has 4 nitrogen and oxygen atoms in total. The maximum atomic E-state index is 12.9. The first-order valence-corrected chi connectivity index (χ1v) is 13.5. The average Bonchev–Trinajstić information content (AvgIpc) is 3.44. The van der Waals surface area contributed by atoms with Crippen LogP contribution in [0.15, 0.2) is 29.8 Å². The fourth-order valence-corrected chi connectivity index (χ4v) is 9.18. The van der Waals surface area contributed by atoms with E-state index in [1.54, 1.807) is 0 Å². The molecular formula is C30H38O4. The number of aryl methyl sites for hydroxylation is 1. The summed E-state index contributed by atoms with van der Waals surface area (Å²) in [5, 5.41) is 0. The van der Waals surface area contributed by atoms with Crippen LogP contribution >= 0.6 is 0 Å². The number of hydrogen-bond acceptors (Lipinski definition) is 4. The van der Waals surface area contributed by atoms with Gasteiger partial charge in [-0.3, -0.25) is 9.59 Å². The van der Waals surface area contributed by atoms with Gasteiger partial charge in [0.25, 0.3) is 0 Å². The third kappa shape index (κ3) is 3.38. The highest BCUT2D eigenvalue weighted by molar-refractivity contribution is 5.91. The van der Waals surface area contributed by atoms with Crippen LogP contribution in [-0.4, -0.2) is 18.4 Å². The predicted octanol–water partition coefficient (Wildman–Crippen LogP) is 6.46.